The molecule has 0 radical (unpaired) electrons. The molecule has 0 spiro atoms. The maximum atomic E-state index is 13.4. The molecular formula is C25H39N3O5. The average molecular weight is 462 g/mol. The summed E-state index contributed by atoms with van der Waals surface area (Å²) in [5.74, 6) is -0.615. The van der Waals surface area contributed by atoms with Gasteiger partial charge < -0.3 is 20.4 Å². The topological polar surface area (TPSA) is 110 Å². The molecule has 1 heterocycles. The number of aliphatic hydroxyl groups excluding tert-OH is 1. The van der Waals surface area contributed by atoms with E-state index < -0.39 is 23.8 Å². The monoisotopic (exact) mass is 461 g/mol. The van der Waals surface area contributed by atoms with Crippen LogP contribution in [0.4, 0.5) is 4.79 Å². The number of hydrogen-bond acceptors (Lipinski definition) is 4. The molecule has 1 aromatic carbocycles. The zero-order chi connectivity index (χ0) is 24.6. The van der Waals surface area contributed by atoms with Crippen molar-refractivity contribution in [3.05, 3.63) is 34.9 Å². The van der Waals surface area contributed by atoms with Crippen molar-refractivity contribution in [2.75, 3.05) is 19.6 Å². The van der Waals surface area contributed by atoms with Gasteiger partial charge in [-0.05, 0) is 69.2 Å². The van der Waals surface area contributed by atoms with Gasteiger partial charge in [0.1, 0.15) is 5.66 Å². The SMILES string of the molecule is CCCC(O)C1(NC(=O)c2cc(C)cc(C(=O)N(CCC)CCC)c2)CCCCN1C(=O)O. The van der Waals surface area contributed by atoms with Crippen LogP contribution < -0.4 is 5.32 Å². The Bertz CT molecular complexity index is 837. The molecule has 0 bridgehead atoms. The quantitative estimate of drug-likeness (QED) is 0.488. The molecule has 0 saturated carbocycles. The minimum Gasteiger partial charge on any atom is -0.465 e. The predicted octanol–water partition coefficient (Wildman–Crippen LogP) is 4.01. The van der Waals surface area contributed by atoms with Gasteiger partial charge in [0, 0.05) is 30.8 Å². The molecule has 1 aromatic rings. The molecule has 1 saturated heterocycles. The number of likely N-dealkylation sites (tertiary alicyclic amines) is 1. The van der Waals surface area contributed by atoms with Crippen molar-refractivity contribution in [1.82, 2.24) is 15.1 Å². The van der Waals surface area contributed by atoms with Crippen molar-refractivity contribution in [3.63, 3.8) is 0 Å². The summed E-state index contributed by atoms with van der Waals surface area (Å²) in [4.78, 5) is 41.4. The van der Waals surface area contributed by atoms with Crippen LogP contribution in [0, 0.1) is 6.92 Å². The van der Waals surface area contributed by atoms with Crippen LogP contribution in [0.3, 0.4) is 0 Å². The molecule has 0 aliphatic carbocycles. The minimum atomic E-state index is -1.39. The van der Waals surface area contributed by atoms with E-state index in [1.165, 1.54) is 4.90 Å². The highest BCUT2D eigenvalue weighted by Gasteiger charge is 2.48. The van der Waals surface area contributed by atoms with Crippen molar-refractivity contribution in [1.29, 1.82) is 0 Å². The van der Waals surface area contributed by atoms with E-state index >= 15 is 0 Å². The van der Waals surface area contributed by atoms with E-state index in [-0.39, 0.29) is 18.0 Å². The molecule has 2 atom stereocenters. The lowest BCUT2D eigenvalue weighted by molar-refractivity contribution is -0.0628. The smallest absolute Gasteiger partial charge is 0.409 e. The molecule has 1 fully saturated rings. The van der Waals surface area contributed by atoms with Crippen LogP contribution in [0.1, 0.15) is 92.0 Å². The highest BCUT2D eigenvalue weighted by atomic mass is 16.4. The maximum absolute atomic E-state index is 13.4. The number of rotatable bonds is 10. The first-order chi connectivity index (χ1) is 15.7. The number of nitrogens with zero attached hydrogens (tertiary/aromatic N) is 2. The highest BCUT2D eigenvalue weighted by molar-refractivity contribution is 6.00. The first-order valence-electron chi connectivity index (χ1n) is 12.1. The van der Waals surface area contributed by atoms with Crippen molar-refractivity contribution >= 4 is 17.9 Å². The average Bonchev–Trinajstić information content (AvgIpc) is 2.78. The molecule has 8 heteroatoms. The molecule has 3 N–H and O–H groups in total. The van der Waals surface area contributed by atoms with Gasteiger partial charge >= 0.3 is 6.09 Å². The Balaban J connectivity index is 2.40. The summed E-state index contributed by atoms with van der Waals surface area (Å²) in [5.41, 5.74) is 0.0942. The van der Waals surface area contributed by atoms with E-state index in [0.29, 0.717) is 50.8 Å². The highest BCUT2D eigenvalue weighted by Crippen LogP contribution is 2.32. The van der Waals surface area contributed by atoms with Crippen LogP contribution in [0.5, 0.6) is 0 Å². The second-order valence-corrected chi connectivity index (χ2v) is 8.95. The van der Waals surface area contributed by atoms with Crippen LogP contribution in [0.2, 0.25) is 0 Å². The van der Waals surface area contributed by atoms with Gasteiger partial charge in [-0.1, -0.05) is 27.2 Å². The molecule has 1 aliphatic rings. The number of nitrogens with one attached hydrogen (secondary N) is 1. The number of aryl methyl sites for hydroxylation is 1. The first-order valence-corrected chi connectivity index (χ1v) is 12.1. The molecule has 184 valence electrons. The molecule has 3 amide bonds. The van der Waals surface area contributed by atoms with Crippen LogP contribution in [-0.2, 0) is 0 Å². The van der Waals surface area contributed by atoms with Gasteiger partial charge in [-0.25, -0.2) is 4.79 Å². The van der Waals surface area contributed by atoms with Crippen molar-refractivity contribution < 1.29 is 24.6 Å². The van der Waals surface area contributed by atoms with Crippen LogP contribution in [0.15, 0.2) is 18.2 Å². The minimum absolute atomic E-state index is 0.123. The number of amides is 3. The summed E-state index contributed by atoms with van der Waals surface area (Å²) < 4.78 is 0. The summed E-state index contributed by atoms with van der Waals surface area (Å²) in [6.45, 7) is 9.29. The number of benzene rings is 1. The summed E-state index contributed by atoms with van der Waals surface area (Å²) in [7, 11) is 0. The van der Waals surface area contributed by atoms with E-state index in [4.69, 9.17) is 0 Å². The first kappa shape index (κ1) is 26.6. The third kappa shape index (κ3) is 6.25. The van der Waals surface area contributed by atoms with Crippen molar-refractivity contribution in [3.8, 4) is 0 Å². The van der Waals surface area contributed by atoms with Gasteiger partial charge in [0.2, 0.25) is 0 Å². The zero-order valence-corrected chi connectivity index (χ0v) is 20.4. The summed E-state index contributed by atoms with van der Waals surface area (Å²) in [6.07, 6.45) is 2.22. The Morgan fingerprint density at radius 3 is 2.27 bits per heavy atom. The molecule has 8 nitrogen and oxygen atoms in total. The zero-order valence-electron chi connectivity index (χ0n) is 20.4. The third-order valence-corrected chi connectivity index (χ3v) is 6.21. The van der Waals surface area contributed by atoms with Gasteiger partial charge in [0.15, 0.2) is 0 Å². The standard InChI is InChI=1S/C25H39N3O5/c1-5-10-21(29)25(11-8-9-14-28(25)24(32)33)26-22(30)19-15-18(4)16-20(17-19)23(31)27(12-6-2)13-7-3/h15-17,21,29H,5-14H2,1-4H3,(H,26,30)(H,32,33). The number of carbonyl (C=O) groups excluding carboxylic acids is 2. The fraction of sp³-hybridized carbons (Fsp3) is 0.640. The van der Waals surface area contributed by atoms with E-state index in [2.05, 4.69) is 5.32 Å². The third-order valence-electron chi connectivity index (χ3n) is 6.21. The summed E-state index contributed by atoms with van der Waals surface area (Å²) in [6, 6.07) is 5.02. The normalized spacial score (nSPS) is 19.1. The number of aliphatic hydroxyl groups is 1. The number of carbonyl (C=O) groups is 3. The number of piperidine rings is 1. The Hall–Kier alpha value is -2.61. The maximum Gasteiger partial charge on any atom is 0.409 e. The Morgan fingerprint density at radius 1 is 1.06 bits per heavy atom. The fourth-order valence-corrected chi connectivity index (χ4v) is 4.68. The molecule has 2 rings (SSSR count). The number of carboxylic acid groups (broad SMARTS) is 1. The number of hydrogen-bond donors (Lipinski definition) is 3. The second kappa shape index (κ2) is 12.0. The van der Waals surface area contributed by atoms with E-state index in [0.717, 1.165) is 18.4 Å². The van der Waals surface area contributed by atoms with Crippen molar-refractivity contribution in [2.24, 2.45) is 0 Å². The Labute approximate surface area is 197 Å². The van der Waals surface area contributed by atoms with Gasteiger partial charge in [-0.3, -0.25) is 14.5 Å². The Kier molecular flexibility index (Phi) is 9.70. The van der Waals surface area contributed by atoms with Gasteiger partial charge in [-0.15, -0.1) is 0 Å². The van der Waals surface area contributed by atoms with Gasteiger partial charge in [0.05, 0.1) is 6.10 Å². The molecule has 1 aliphatic heterocycles. The second-order valence-electron chi connectivity index (χ2n) is 8.95. The van der Waals surface area contributed by atoms with E-state index in [9.17, 15) is 24.6 Å². The van der Waals surface area contributed by atoms with E-state index in [1.54, 1.807) is 23.1 Å². The molecule has 33 heavy (non-hydrogen) atoms. The summed E-state index contributed by atoms with van der Waals surface area (Å²) in [5, 5.41) is 23.6. The molecule has 0 aromatic heterocycles. The van der Waals surface area contributed by atoms with Crippen LogP contribution >= 0.6 is 0 Å². The van der Waals surface area contributed by atoms with Crippen molar-refractivity contribution in [2.45, 2.75) is 84.4 Å². The van der Waals surface area contributed by atoms with Crippen LogP contribution in [0.25, 0.3) is 0 Å². The van der Waals surface area contributed by atoms with E-state index in [1.807, 2.05) is 27.7 Å². The molecule has 2 unspecified atom stereocenters. The van der Waals surface area contributed by atoms with Gasteiger partial charge in [-0.2, -0.15) is 0 Å². The predicted molar refractivity (Wildman–Crippen MR) is 127 cm³/mol. The lowest BCUT2D eigenvalue weighted by Crippen LogP contribution is -2.69. The largest absolute Gasteiger partial charge is 0.465 e. The molecular weight excluding hydrogens is 422 g/mol. The summed E-state index contributed by atoms with van der Waals surface area (Å²) >= 11 is 0. The lowest BCUT2D eigenvalue weighted by atomic mass is 9.87. The van der Waals surface area contributed by atoms with Crippen LogP contribution in [-0.4, -0.2) is 69.3 Å². The Morgan fingerprint density at radius 2 is 1.70 bits per heavy atom. The van der Waals surface area contributed by atoms with Gasteiger partial charge in [0.25, 0.3) is 11.8 Å². The fourth-order valence-electron chi connectivity index (χ4n) is 4.68. The lowest BCUT2D eigenvalue weighted by Gasteiger charge is -2.48.